The summed E-state index contributed by atoms with van der Waals surface area (Å²) in [5, 5.41) is 4.95. The summed E-state index contributed by atoms with van der Waals surface area (Å²) in [6, 6.07) is 0. The molecule has 0 radical (unpaired) electrons. The van der Waals surface area contributed by atoms with Gasteiger partial charge in [0.2, 0.25) is 5.91 Å². The standard InChI is InChI=1S/C7H11N3O3/c1-10-6(11)4-3-5(8-10)7(12)9-13-2/h3-4H2,1-2H3,(H,9,12). The minimum atomic E-state index is -0.401. The number of carbonyl (C=O) groups is 2. The molecule has 2 amide bonds. The zero-order chi connectivity index (χ0) is 9.84. The summed E-state index contributed by atoms with van der Waals surface area (Å²) in [5.74, 6) is -0.490. The molecule has 6 heteroatoms. The summed E-state index contributed by atoms with van der Waals surface area (Å²) in [4.78, 5) is 26.6. The van der Waals surface area contributed by atoms with Crippen molar-refractivity contribution in [3.05, 3.63) is 0 Å². The van der Waals surface area contributed by atoms with Crippen molar-refractivity contribution >= 4 is 17.5 Å². The van der Waals surface area contributed by atoms with Gasteiger partial charge >= 0.3 is 0 Å². The molecule has 0 saturated carbocycles. The van der Waals surface area contributed by atoms with Crippen molar-refractivity contribution in [1.29, 1.82) is 0 Å². The van der Waals surface area contributed by atoms with E-state index in [0.29, 0.717) is 18.6 Å². The van der Waals surface area contributed by atoms with Crippen molar-refractivity contribution < 1.29 is 14.4 Å². The molecule has 0 aromatic rings. The number of nitrogens with one attached hydrogen (secondary N) is 1. The summed E-state index contributed by atoms with van der Waals surface area (Å²) in [6.07, 6.45) is 0.671. The van der Waals surface area contributed by atoms with Gasteiger partial charge in [0.15, 0.2) is 0 Å². The van der Waals surface area contributed by atoms with Gasteiger partial charge in [0.25, 0.3) is 5.91 Å². The van der Waals surface area contributed by atoms with Gasteiger partial charge < -0.3 is 0 Å². The highest BCUT2D eigenvalue weighted by Gasteiger charge is 2.21. The normalized spacial score (nSPS) is 16.9. The van der Waals surface area contributed by atoms with E-state index < -0.39 is 5.91 Å². The van der Waals surface area contributed by atoms with Gasteiger partial charge in [-0.1, -0.05) is 0 Å². The number of hydroxylamine groups is 1. The maximum absolute atomic E-state index is 11.1. The molecule has 1 heterocycles. The maximum Gasteiger partial charge on any atom is 0.291 e. The molecule has 1 N–H and O–H groups in total. The van der Waals surface area contributed by atoms with Crippen LogP contribution in [0.2, 0.25) is 0 Å². The Labute approximate surface area is 75.5 Å². The fourth-order valence-electron chi connectivity index (χ4n) is 0.985. The van der Waals surface area contributed by atoms with E-state index in [1.54, 1.807) is 0 Å². The van der Waals surface area contributed by atoms with Crippen LogP contribution in [0.15, 0.2) is 5.10 Å². The van der Waals surface area contributed by atoms with Crippen LogP contribution in [0.25, 0.3) is 0 Å². The van der Waals surface area contributed by atoms with Crippen LogP contribution >= 0.6 is 0 Å². The second kappa shape index (κ2) is 3.99. The Kier molecular flexibility index (Phi) is 2.97. The lowest BCUT2D eigenvalue weighted by molar-refractivity contribution is -0.130. The average molecular weight is 185 g/mol. The Balaban J connectivity index is 2.66. The molecule has 0 atom stereocenters. The lowest BCUT2D eigenvalue weighted by Crippen LogP contribution is -2.37. The summed E-state index contributed by atoms with van der Waals surface area (Å²) < 4.78 is 0. The highest BCUT2D eigenvalue weighted by molar-refractivity contribution is 6.39. The molecule has 1 rings (SSSR count). The second-order valence-electron chi connectivity index (χ2n) is 2.60. The lowest BCUT2D eigenvalue weighted by Gasteiger charge is -2.18. The van der Waals surface area contributed by atoms with Crippen molar-refractivity contribution in [3.8, 4) is 0 Å². The third kappa shape index (κ3) is 2.25. The molecule has 13 heavy (non-hydrogen) atoms. The number of amides is 2. The largest absolute Gasteiger partial charge is 0.291 e. The molecule has 0 aliphatic carbocycles. The highest BCUT2D eigenvalue weighted by atomic mass is 16.6. The van der Waals surface area contributed by atoms with Gasteiger partial charge in [-0.25, -0.2) is 10.5 Å². The lowest BCUT2D eigenvalue weighted by atomic mass is 10.1. The molecule has 1 aliphatic heterocycles. The summed E-state index contributed by atoms with van der Waals surface area (Å²) in [5.41, 5.74) is 2.45. The Morgan fingerprint density at radius 3 is 2.85 bits per heavy atom. The van der Waals surface area contributed by atoms with Gasteiger partial charge in [0.05, 0.1) is 7.11 Å². The fraction of sp³-hybridized carbons (Fsp3) is 0.571. The molecular weight excluding hydrogens is 174 g/mol. The van der Waals surface area contributed by atoms with E-state index in [2.05, 4.69) is 15.4 Å². The van der Waals surface area contributed by atoms with Crippen molar-refractivity contribution in [2.45, 2.75) is 12.8 Å². The maximum atomic E-state index is 11.1. The first-order valence-corrected chi connectivity index (χ1v) is 3.82. The molecule has 0 aromatic carbocycles. The Bertz CT molecular complexity index is 262. The van der Waals surface area contributed by atoms with Crippen LogP contribution in [0, 0.1) is 0 Å². The number of rotatable bonds is 2. The van der Waals surface area contributed by atoms with Crippen LogP contribution in [0.5, 0.6) is 0 Å². The van der Waals surface area contributed by atoms with E-state index in [4.69, 9.17) is 0 Å². The van der Waals surface area contributed by atoms with Gasteiger partial charge in [0, 0.05) is 19.9 Å². The Hall–Kier alpha value is -1.43. The number of hydrogen-bond acceptors (Lipinski definition) is 4. The van der Waals surface area contributed by atoms with Crippen LogP contribution in [0.1, 0.15) is 12.8 Å². The van der Waals surface area contributed by atoms with E-state index in [0.717, 1.165) is 5.01 Å². The first kappa shape index (κ1) is 9.66. The number of carbonyl (C=O) groups excluding carboxylic acids is 2. The minimum absolute atomic E-state index is 0.0889. The van der Waals surface area contributed by atoms with Crippen LogP contribution in [-0.2, 0) is 14.4 Å². The summed E-state index contributed by atoms with van der Waals surface area (Å²) in [6.45, 7) is 0. The first-order chi connectivity index (χ1) is 6.15. The molecule has 0 aromatic heterocycles. The van der Waals surface area contributed by atoms with Gasteiger partial charge in [-0.2, -0.15) is 5.10 Å². The molecule has 0 saturated heterocycles. The molecule has 0 spiro atoms. The first-order valence-electron chi connectivity index (χ1n) is 3.82. The molecule has 1 aliphatic rings. The summed E-state index contributed by atoms with van der Waals surface area (Å²) >= 11 is 0. The predicted octanol–water partition coefficient (Wildman–Crippen LogP) is -0.728. The molecule has 0 unspecified atom stereocenters. The van der Waals surface area contributed by atoms with E-state index in [1.165, 1.54) is 14.2 Å². The van der Waals surface area contributed by atoms with E-state index in [9.17, 15) is 9.59 Å². The van der Waals surface area contributed by atoms with E-state index >= 15 is 0 Å². The number of hydrazone groups is 1. The number of hydrogen-bond donors (Lipinski definition) is 1. The second-order valence-corrected chi connectivity index (χ2v) is 2.60. The third-order valence-corrected chi connectivity index (χ3v) is 1.66. The third-order valence-electron chi connectivity index (χ3n) is 1.66. The van der Waals surface area contributed by atoms with Crippen molar-refractivity contribution in [1.82, 2.24) is 10.5 Å². The highest BCUT2D eigenvalue weighted by Crippen LogP contribution is 2.06. The van der Waals surface area contributed by atoms with Crippen LogP contribution < -0.4 is 5.48 Å². The quantitative estimate of drug-likeness (QED) is 0.577. The zero-order valence-electron chi connectivity index (χ0n) is 7.53. The van der Waals surface area contributed by atoms with E-state index in [-0.39, 0.29) is 5.91 Å². The van der Waals surface area contributed by atoms with E-state index in [1.807, 2.05) is 0 Å². The molecule has 0 fully saturated rings. The monoisotopic (exact) mass is 185 g/mol. The minimum Gasteiger partial charge on any atom is -0.277 e. The van der Waals surface area contributed by atoms with Crippen LogP contribution in [-0.4, -0.2) is 36.7 Å². The van der Waals surface area contributed by atoms with Gasteiger partial charge in [0.1, 0.15) is 5.71 Å². The molecule has 72 valence electrons. The topological polar surface area (TPSA) is 71.0 Å². The van der Waals surface area contributed by atoms with Crippen molar-refractivity contribution in [3.63, 3.8) is 0 Å². The van der Waals surface area contributed by atoms with Crippen molar-refractivity contribution in [2.24, 2.45) is 5.10 Å². The fourth-order valence-corrected chi connectivity index (χ4v) is 0.985. The number of nitrogens with zero attached hydrogens (tertiary/aromatic N) is 2. The van der Waals surface area contributed by atoms with Crippen molar-refractivity contribution in [2.75, 3.05) is 14.2 Å². The smallest absolute Gasteiger partial charge is 0.277 e. The van der Waals surface area contributed by atoms with Crippen LogP contribution in [0.3, 0.4) is 0 Å². The van der Waals surface area contributed by atoms with Gasteiger partial charge in [-0.3, -0.25) is 14.4 Å². The van der Waals surface area contributed by atoms with Gasteiger partial charge in [-0.05, 0) is 0 Å². The molecule has 6 nitrogen and oxygen atoms in total. The SMILES string of the molecule is CONC(=O)C1=NN(C)C(=O)CC1. The Morgan fingerprint density at radius 2 is 2.31 bits per heavy atom. The zero-order valence-corrected chi connectivity index (χ0v) is 7.53. The van der Waals surface area contributed by atoms with Crippen LogP contribution in [0.4, 0.5) is 0 Å². The van der Waals surface area contributed by atoms with Gasteiger partial charge in [-0.15, -0.1) is 0 Å². The Morgan fingerprint density at radius 1 is 1.62 bits per heavy atom. The average Bonchev–Trinajstić information content (AvgIpc) is 2.10. The molecular formula is C7H11N3O3. The summed E-state index contributed by atoms with van der Waals surface area (Å²) in [7, 11) is 2.86. The molecule has 0 bridgehead atoms. The predicted molar refractivity (Wildman–Crippen MR) is 44.6 cm³/mol.